The lowest BCUT2D eigenvalue weighted by Crippen LogP contribution is -2.58. The zero-order valence-corrected chi connectivity index (χ0v) is 16.4. The van der Waals surface area contributed by atoms with E-state index in [-0.39, 0.29) is 17.3 Å². The molecular formula is C22H22O8. The van der Waals surface area contributed by atoms with E-state index in [9.17, 15) is 25.2 Å². The van der Waals surface area contributed by atoms with E-state index in [1.54, 1.807) is 44.2 Å². The van der Waals surface area contributed by atoms with Gasteiger partial charge in [0.2, 0.25) is 12.1 Å². The number of fused-ring (bicyclic) bond motifs is 1. The molecular weight excluding hydrogens is 392 g/mol. The molecule has 2 heterocycles. The van der Waals surface area contributed by atoms with Crippen molar-refractivity contribution in [2.45, 2.75) is 44.6 Å². The summed E-state index contributed by atoms with van der Waals surface area (Å²) in [7, 11) is 0. The summed E-state index contributed by atoms with van der Waals surface area (Å²) in [6.07, 6.45) is -4.44. The first-order valence-electron chi connectivity index (χ1n) is 9.49. The van der Waals surface area contributed by atoms with E-state index in [2.05, 4.69) is 0 Å². The van der Waals surface area contributed by atoms with Crippen molar-refractivity contribution in [3.63, 3.8) is 0 Å². The molecule has 30 heavy (non-hydrogen) atoms. The Bertz CT molecular complexity index is 997. The first-order valence-corrected chi connectivity index (χ1v) is 9.49. The third-order valence-corrected chi connectivity index (χ3v) is 5.28. The van der Waals surface area contributed by atoms with Crippen LogP contribution in [0.25, 0.3) is 6.08 Å². The lowest BCUT2D eigenvalue weighted by Gasteiger charge is -2.39. The molecule has 1 fully saturated rings. The quantitative estimate of drug-likeness (QED) is 0.557. The number of rotatable bonds is 3. The number of ether oxygens (including phenoxy) is 3. The highest BCUT2D eigenvalue weighted by molar-refractivity contribution is 6.14. The van der Waals surface area contributed by atoms with Gasteiger partial charge in [0.25, 0.3) is 0 Å². The van der Waals surface area contributed by atoms with E-state index in [0.29, 0.717) is 28.2 Å². The first kappa shape index (κ1) is 20.4. The van der Waals surface area contributed by atoms with Crippen LogP contribution >= 0.6 is 0 Å². The van der Waals surface area contributed by atoms with Crippen LogP contribution in [0.2, 0.25) is 0 Å². The number of hydrogen-bond donors (Lipinski definition) is 4. The minimum absolute atomic E-state index is 0.121. The van der Waals surface area contributed by atoms with Crippen LogP contribution in [-0.2, 0) is 4.74 Å². The second kappa shape index (κ2) is 7.73. The van der Waals surface area contributed by atoms with E-state index >= 15 is 0 Å². The molecule has 0 saturated carbocycles. The van der Waals surface area contributed by atoms with E-state index in [1.807, 2.05) is 0 Å². The molecule has 1 saturated heterocycles. The van der Waals surface area contributed by atoms with Gasteiger partial charge in [0.15, 0.2) is 5.76 Å². The van der Waals surface area contributed by atoms with Gasteiger partial charge >= 0.3 is 0 Å². The van der Waals surface area contributed by atoms with E-state index < -0.39 is 30.7 Å². The van der Waals surface area contributed by atoms with Gasteiger partial charge < -0.3 is 34.6 Å². The summed E-state index contributed by atoms with van der Waals surface area (Å²) in [5.74, 6) is 0.621. The van der Waals surface area contributed by atoms with Crippen LogP contribution in [0.3, 0.4) is 0 Å². The number of Topliss-reactive ketones (excluding diaryl/α,β-unsaturated/α-hetero) is 1. The molecule has 4 rings (SSSR count). The number of aliphatic hydroxyl groups excluding tert-OH is 3. The van der Waals surface area contributed by atoms with Gasteiger partial charge in [-0.15, -0.1) is 0 Å². The molecule has 0 aliphatic carbocycles. The first-order chi connectivity index (χ1) is 14.3. The van der Waals surface area contributed by atoms with E-state index in [0.717, 1.165) is 0 Å². The second-order valence-electron chi connectivity index (χ2n) is 7.40. The number of hydrogen-bond acceptors (Lipinski definition) is 8. The lowest BCUT2D eigenvalue weighted by molar-refractivity contribution is -0.268. The fourth-order valence-corrected chi connectivity index (χ4v) is 3.45. The minimum atomic E-state index is -1.45. The summed E-state index contributed by atoms with van der Waals surface area (Å²) in [5.41, 5.74) is 1.59. The van der Waals surface area contributed by atoms with Crippen molar-refractivity contribution in [2.75, 3.05) is 0 Å². The summed E-state index contributed by atoms with van der Waals surface area (Å²) >= 11 is 0. The van der Waals surface area contributed by atoms with Gasteiger partial charge in [-0.25, -0.2) is 0 Å². The average Bonchev–Trinajstić information content (AvgIpc) is 3.04. The van der Waals surface area contributed by atoms with Crippen LogP contribution in [0, 0.1) is 6.92 Å². The van der Waals surface area contributed by atoms with Gasteiger partial charge in [-0.2, -0.15) is 0 Å². The number of carbonyl (C=O) groups excluding carboxylic acids is 1. The molecule has 0 radical (unpaired) electrons. The summed E-state index contributed by atoms with van der Waals surface area (Å²) < 4.78 is 17.0. The molecule has 2 aromatic carbocycles. The fraction of sp³-hybridized carbons (Fsp3) is 0.318. The Morgan fingerprint density at radius 3 is 2.40 bits per heavy atom. The second-order valence-corrected chi connectivity index (χ2v) is 7.40. The lowest BCUT2D eigenvalue weighted by atomic mass is 10.00. The molecule has 2 aliphatic rings. The summed E-state index contributed by atoms with van der Waals surface area (Å²) in [6, 6.07) is 9.47. The molecule has 8 heteroatoms. The number of phenols is 1. The Balaban J connectivity index is 1.58. The van der Waals surface area contributed by atoms with Crippen molar-refractivity contribution >= 4 is 11.9 Å². The number of carbonyl (C=O) groups is 1. The molecule has 0 aromatic heterocycles. The van der Waals surface area contributed by atoms with Gasteiger partial charge in [-0.3, -0.25) is 4.79 Å². The zero-order chi connectivity index (χ0) is 21.6. The number of ketones is 1. The van der Waals surface area contributed by atoms with Gasteiger partial charge in [0.05, 0.1) is 11.7 Å². The van der Waals surface area contributed by atoms with Crippen molar-refractivity contribution in [3.05, 3.63) is 58.8 Å². The summed E-state index contributed by atoms with van der Waals surface area (Å²) in [6.45, 7) is 3.27. The SMILES string of the molecule is Cc1c(O[C@@H]2OC(C)[C@H](O)[C@H](O)C2O)ccc2c1OC(=Cc1ccc(O)cc1)C2=O. The maximum absolute atomic E-state index is 12.7. The maximum atomic E-state index is 12.7. The Morgan fingerprint density at radius 2 is 1.70 bits per heavy atom. The Hall–Kier alpha value is -2.91. The van der Waals surface area contributed by atoms with Crippen LogP contribution in [0.4, 0.5) is 0 Å². The maximum Gasteiger partial charge on any atom is 0.231 e. The molecule has 0 spiro atoms. The third kappa shape index (κ3) is 3.54. The van der Waals surface area contributed by atoms with Gasteiger partial charge in [0.1, 0.15) is 35.6 Å². The van der Waals surface area contributed by atoms with Crippen molar-refractivity contribution in [3.8, 4) is 17.2 Å². The van der Waals surface area contributed by atoms with Crippen LogP contribution in [0.1, 0.15) is 28.4 Å². The molecule has 2 unspecified atom stereocenters. The molecule has 5 atom stereocenters. The molecule has 0 bridgehead atoms. The molecule has 2 aromatic rings. The van der Waals surface area contributed by atoms with E-state index in [4.69, 9.17) is 14.2 Å². The Kier molecular flexibility index (Phi) is 5.25. The molecule has 158 valence electrons. The van der Waals surface area contributed by atoms with Crippen LogP contribution in [-0.4, -0.2) is 56.9 Å². The Labute approximate surface area is 172 Å². The number of aromatic hydroxyl groups is 1. The number of aliphatic hydroxyl groups is 3. The molecule has 8 nitrogen and oxygen atoms in total. The van der Waals surface area contributed by atoms with Crippen molar-refractivity contribution in [1.82, 2.24) is 0 Å². The smallest absolute Gasteiger partial charge is 0.231 e. The number of benzene rings is 2. The van der Waals surface area contributed by atoms with Crippen molar-refractivity contribution in [2.24, 2.45) is 0 Å². The highest BCUT2D eigenvalue weighted by atomic mass is 16.7. The summed E-state index contributed by atoms with van der Waals surface area (Å²) in [5, 5.41) is 39.3. The monoisotopic (exact) mass is 414 g/mol. The fourth-order valence-electron chi connectivity index (χ4n) is 3.45. The van der Waals surface area contributed by atoms with Crippen LogP contribution < -0.4 is 9.47 Å². The van der Waals surface area contributed by atoms with Crippen molar-refractivity contribution < 1.29 is 39.4 Å². The van der Waals surface area contributed by atoms with Gasteiger partial charge in [0, 0.05) is 5.56 Å². The molecule has 4 N–H and O–H groups in total. The molecule has 0 amide bonds. The predicted octanol–water partition coefficient (Wildman–Crippen LogP) is 1.52. The largest absolute Gasteiger partial charge is 0.508 e. The standard InChI is InChI=1S/C22H22O8/c1-10-15(30-22-20(27)19(26)17(24)11(2)28-22)8-7-14-18(25)16(29-21(10)14)9-12-3-5-13(23)6-4-12/h3-9,11,17,19-20,22-24,26-27H,1-2H3/t11?,17-,19-,20?,22-/m0/s1. The normalized spacial score (nSPS) is 29.6. The number of phenolic OH excluding ortho intramolecular Hbond substituents is 1. The zero-order valence-electron chi connectivity index (χ0n) is 16.4. The van der Waals surface area contributed by atoms with E-state index in [1.165, 1.54) is 12.1 Å². The summed E-state index contributed by atoms with van der Waals surface area (Å²) in [4.78, 5) is 12.7. The third-order valence-electron chi connectivity index (χ3n) is 5.28. The highest BCUT2D eigenvalue weighted by Crippen LogP contribution is 2.40. The van der Waals surface area contributed by atoms with Crippen molar-refractivity contribution in [1.29, 1.82) is 0 Å². The van der Waals surface area contributed by atoms with Gasteiger partial charge in [-0.1, -0.05) is 12.1 Å². The molecule has 2 aliphatic heterocycles. The van der Waals surface area contributed by atoms with Crippen LogP contribution in [0.5, 0.6) is 17.2 Å². The predicted molar refractivity (Wildman–Crippen MR) is 105 cm³/mol. The number of allylic oxidation sites excluding steroid dienone is 1. The van der Waals surface area contributed by atoms with Gasteiger partial charge in [-0.05, 0) is 49.8 Å². The topological polar surface area (TPSA) is 126 Å². The Morgan fingerprint density at radius 1 is 1.00 bits per heavy atom. The highest BCUT2D eigenvalue weighted by Gasteiger charge is 2.43. The van der Waals surface area contributed by atoms with Crippen LogP contribution in [0.15, 0.2) is 42.2 Å². The average molecular weight is 414 g/mol. The minimum Gasteiger partial charge on any atom is -0.508 e.